The van der Waals surface area contributed by atoms with Gasteiger partial charge >= 0.3 is 0 Å². The SMILES string of the molecule is C=C(CCCC)C(=O)N[N+](C)(C)CCCCCCCCCCCC. The Morgan fingerprint density at radius 1 is 0.792 bits per heavy atom. The molecule has 0 rings (SSSR count). The lowest BCUT2D eigenvalue weighted by atomic mass is 10.1. The highest BCUT2D eigenvalue weighted by Crippen LogP contribution is 2.11. The van der Waals surface area contributed by atoms with E-state index in [1.54, 1.807) is 0 Å². The Balaban J connectivity index is 3.66. The van der Waals surface area contributed by atoms with Gasteiger partial charge in [0, 0.05) is 5.57 Å². The lowest BCUT2D eigenvalue weighted by Gasteiger charge is -2.29. The van der Waals surface area contributed by atoms with Gasteiger partial charge in [-0.3, -0.25) is 4.79 Å². The first-order valence-corrected chi connectivity index (χ1v) is 10.3. The van der Waals surface area contributed by atoms with Gasteiger partial charge in [-0.25, -0.2) is 4.59 Å². The quantitative estimate of drug-likeness (QED) is 0.165. The van der Waals surface area contributed by atoms with Gasteiger partial charge in [0.2, 0.25) is 0 Å². The molecule has 0 saturated carbocycles. The first kappa shape index (κ1) is 23.2. The molecular formula is C21H43N2O+. The Labute approximate surface area is 151 Å². The standard InChI is InChI=1S/C21H42N2O/c1-6-8-10-11-12-13-14-15-16-17-19-23(4,5)22-21(24)20(3)18-9-7-2/h3,6-19H2,1-2,4-5H3/p+1. The normalized spacial score (nSPS) is 11.5. The summed E-state index contributed by atoms with van der Waals surface area (Å²) < 4.78 is 0.557. The number of rotatable bonds is 16. The smallest absolute Gasteiger partial charge is 0.265 e. The van der Waals surface area contributed by atoms with E-state index in [-0.39, 0.29) is 5.91 Å². The molecule has 24 heavy (non-hydrogen) atoms. The maximum absolute atomic E-state index is 12.1. The van der Waals surface area contributed by atoms with Gasteiger partial charge in [0.25, 0.3) is 5.91 Å². The summed E-state index contributed by atoms with van der Waals surface area (Å²) in [5.74, 6) is 0.0144. The van der Waals surface area contributed by atoms with Crippen LogP contribution >= 0.6 is 0 Å². The van der Waals surface area contributed by atoms with Gasteiger partial charge in [0.15, 0.2) is 0 Å². The Morgan fingerprint density at radius 2 is 1.25 bits per heavy atom. The maximum atomic E-state index is 12.1. The van der Waals surface area contributed by atoms with E-state index in [4.69, 9.17) is 0 Å². The van der Waals surface area contributed by atoms with E-state index in [9.17, 15) is 4.79 Å². The van der Waals surface area contributed by atoms with Gasteiger partial charge in [-0.05, 0) is 25.7 Å². The Hall–Kier alpha value is -0.830. The molecule has 0 radical (unpaired) electrons. The molecule has 0 aliphatic carbocycles. The lowest BCUT2D eigenvalue weighted by Crippen LogP contribution is -2.55. The number of unbranched alkanes of at least 4 members (excludes halogenated alkanes) is 10. The summed E-state index contributed by atoms with van der Waals surface area (Å²) in [5.41, 5.74) is 3.81. The van der Waals surface area contributed by atoms with Crippen LogP contribution < -0.4 is 5.43 Å². The van der Waals surface area contributed by atoms with E-state index in [0.717, 1.165) is 25.8 Å². The Morgan fingerprint density at radius 3 is 1.75 bits per heavy atom. The molecular weight excluding hydrogens is 296 g/mol. The van der Waals surface area contributed by atoms with Crippen LogP contribution in [0.1, 0.15) is 97.3 Å². The zero-order valence-electron chi connectivity index (χ0n) is 17.0. The van der Waals surface area contributed by atoms with Crippen molar-refractivity contribution in [2.75, 3.05) is 20.6 Å². The topological polar surface area (TPSA) is 29.1 Å². The Kier molecular flexibility index (Phi) is 14.0. The molecule has 3 nitrogen and oxygen atoms in total. The van der Waals surface area contributed by atoms with Crippen LogP contribution in [0.4, 0.5) is 0 Å². The lowest BCUT2D eigenvalue weighted by molar-refractivity contribution is -0.925. The first-order chi connectivity index (χ1) is 11.4. The van der Waals surface area contributed by atoms with Crippen molar-refractivity contribution in [1.29, 1.82) is 0 Å². The van der Waals surface area contributed by atoms with Crippen molar-refractivity contribution in [2.24, 2.45) is 0 Å². The van der Waals surface area contributed by atoms with Crippen LogP contribution in [0.2, 0.25) is 0 Å². The highest BCUT2D eigenvalue weighted by molar-refractivity contribution is 5.91. The molecule has 0 atom stereocenters. The van der Waals surface area contributed by atoms with E-state index < -0.39 is 0 Å². The first-order valence-electron chi connectivity index (χ1n) is 10.3. The molecule has 0 aromatic carbocycles. The molecule has 0 aliphatic rings. The highest BCUT2D eigenvalue weighted by Gasteiger charge is 2.19. The number of nitrogens with one attached hydrogen (secondary N) is 1. The second-order valence-corrected chi connectivity index (χ2v) is 7.74. The predicted molar refractivity (Wildman–Crippen MR) is 106 cm³/mol. The monoisotopic (exact) mass is 339 g/mol. The van der Waals surface area contributed by atoms with Crippen LogP contribution in [0.25, 0.3) is 0 Å². The molecule has 1 N–H and O–H groups in total. The van der Waals surface area contributed by atoms with Gasteiger partial charge in [-0.1, -0.05) is 78.2 Å². The minimum absolute atomic E-state index is 0.0144. The molecule has 0 aromatic heterocycles. The third-order valence-electron chi connectivity index (χ3n) is 4.63. The van der Waals surface area contributed by atoms with Gasteiger partial charge in [-0.15, -0.1) is 0 Å². The number of hydrogen-bond acceptors (Lipinski definition) is 1. The van der Waals surface area contributed by atoms with Crippen LogP contribution in [0.15, 0.2) is 12.2 Å². The van der Waals surface area contributed by atoms with Crippen molar-refractivity contribution in [1.82, 2.24) is 5.43 Å². The molecule has 3 heteroatoms. The zero-order chi connectivity index (χ0) is 18.3. The average molecular weight is 340 g/mol. The molecule has 0 bridgehead atoms. The van der Waals surface area contributed by atoms with Crippen molar-refractivity contribution in [3.63, 3.8) is 0 Å². The summed E-state index contributed by atoms with van der Waals surface area (Å²) in [6.45, 7) is 9.30. The van der Waals surface area contributed by atoms with Crippen LogP contribution in [0, 0.1) is 0 Å². The number of hydrogen-bond donors (Lipinski definition) is 1. The van der Waals surface area contributed by atoms with Crippen molar-refractivity contribution in [2.45, 2.75) is 97.3 Å². The Bertz CT molecular complexity index is 337. The molecule has 1 amide bonds. The van der Waals surface area contributed by atoms with E-state index >= 15 is 0 Å². The third kappa shape index (κ3) is 13.6. The fraction of sp³-hybridized carbons (Fsp3) is 0.857. The molecule has 0 saturated heterocycles. The number of quaternary nitrogens is 1. The molecule has 0 unspecified atom stereocenters. The number of carbonyl (C=O) groups excluding carboxylic acids is 1. The van der Waals surface area contributed by atoms with E-state index in [1.165, 1.54) is 64.2 Å². The van der Waals surface area contributed by atoms with Crippen LogP contribution in [-0.4, -0.2) is 31.1 Å². The van der Waals surface area contributed by atoms with Gasteiger partial charge in [0.05, 0.1) is 14.1 Å². The highest BCUT2D eigenvalue weighted by atomic mass is 16.2. The number of amides is 1. The van der Waals surface area contributed by atoms with Gasteiger partial charge in [-0.2, -0.15) is 5.43 Å². The molecule has 0 spiro atoms. The predicted octanol–water partition coefficient (Wildman–Crippen LogP) is 5.76. The van der Waals surface area contributed by atoms with Crippen molar-refractivity contribution >= 4 is 5.91 Å². The summed E-state index contributed by atoms with van der Waals surface area (Å²) in [7, 11) is 4.14. The molecule has 0 heterocycles. The van der Waals surface area contributed by atoms with E-state index in [2.05, 4.69) is 39.9 Å². The van der Waals surface area contributed by atoms with Gasteiger partial charge < -0.3 is 0 Å². The fourth-order valence-corrected chi connectivity index (χ4v) is 2.91. The average Bonchev–Trinajstić information content (AvgIpc) is 2.53. The molecule has 0 aliphatic heterocycles. The summed E-state index contributed by atoms with van der Waals surface area (Å²) >= 11 is 0. The summed E-state index contributed by atoms with van der Waals surface area (Å²) in [6.07, 6.45) is 16.4. The van der Waals surface area contributed by atoms with Crippen molar-refractivity contribution < 1.29 is 9.39 Å². The van der Waals surface area contributed by atoms with Crippen molar-refractivity contribution in [3.8, 4) is 0 Å². The second-order valence-electron chi connectivity index (χ2n) is 7.74. The van der Waals surface area contributed by atoms with E-state index in [1.807, 2.05) is 0 Å². The summed E-state index contributed by atoms with van der Waals surface area (Å²) in [5, 5.41) is 0. The second kappa shape index (κ2) is 14.5. The van der Waals surface area contributed by atoms with Crippen molar-refractivity contribution in [3.05, 3.63) is 12.2 Å². The summed E-state index contributed by atoms with van der Waals surface area (Å²) in [6, 6.07) is 0. The van der Waals surface area contributed by atoms with Crippen LogP contribution in [0.3, 0.4) is 0 Å². The number of nitrogens with zero attached hydrogens (tertiary/aromatic N) is 1. The molecule has 0 aromatic rings. The van der Waals surface area contributed by atoms with Gasteiger partial charge in [0.1, 0.15) is 6.54 Å². The molecule has 0 fully saturated rings. The molecule has 142 valence electrons. The van der Waals surface area contributed by atoms with Crippen LogP contribution in [-0.2, 0) is 4.79 Å². The minimum atomic E-state index is 0.0144. The third-order valence-corrected chi connectivity index (χ3v) is 4.63. The van der Waals surface area contributed by atoms with Crippen LogP contribution in [0.5, 0.6) is 0 Å². The van der Waals surface area contributed by atoms with E-state index in [0.29, 0.717) is 10.2 Å². The fourth-order valence-electron chi connectivity index (χ4n) is 2.91. The number of carbonyl (C=O) groups is 1. The zero-order valence-corrected chi connectivity index (χ0v) is 17.0. The maximum Gasteiger partial charge on any atom is 0.291 e. The minimum Gasteiger partial charge on any atom is -0.265 e. The summed E-state index contributed by atoms with van der Waals surface area (Å²) in [4.78, 5) is 12.1. The largest absolute Gasteiger partial charge is 0.291 e.